The average molecular weight is 265 g/mol. The van der Waals surface area contributed by atoms with Crippen molar-refractivity contribution in [1.29, 1.82) is 0 Å². The fourth-order valence-corrected chi connectivity index (χ4v) is 2.10. The molecule has 7 heteroatoms. The van der Waals surface area contributed by atoms with Crippen LogP contribution in [0.3, 0.4) is 0 Å². The van der Waals surface area contributed by atoms with Crippen LogP contribution in [0.2, 0.25) is 0 Å². The molecule has 0 aliphatic heterocycles. The van der Waals surface area contributed by atoms with Gasteiger partial charge in [-0.1, -0.05) is 10.4 Å². The third-order valence-electron chi connectivity index (χ3n) is 3.03. The van der Waals surface area contributed by atoms with Gasteiger partial charge in [0, 0.05) is 24.3 Å². The van der Waals surface area contributed by atoms with Crippen LogP contribution in [0.4, 0.5) is 0 Å². The molecule has 2 rings (SSSR count). The number of hydrogen-bond donors (Lipinski definition) is 2. The molecule has 1 atom stereocenters. The molecule has 0 aliphatic rings. The van der Waals surface area contributed by atoms with E-state index in [-0.39, 0.29) is 12.6 Å². The van der Waals surface area contributed by atoms with Crippen molar-refractivity contribution in [2.24, 2.45) is 0 Å². The van der Waals surface area contributed by atoms with Crippen molar-refractivity contribution in [3.63, 3.8) is 0 Å². The predicted molar refractivity (Wildman–Crippen MR) is 68.3 cm³/mol. The van der Waals surface area contributed by atoms with Crippen LogP contribution in [0.5, 0.6) is 0 Å². The Bertz CT molecular complexity index is 514. The van der Waals surface area contributed by atoms with Crippen molar-refractivity contribution in [2.75, 3.05) is 6.61 Å². The summed E-state index contributed by atoms with van der Waals surface area (Å²) in [5.74, 6) is 0.835. The van der Waals surface area contributed by atoms with E-state index in [0.29, 0.717) is 13.1 Å². The lowest BCUT2D eigenvalue weighted by atomic mass is 10.1. The molecule has 0 amide bonds. The standard InChI is InChI=1S/C12H19N5O2/c1-8(12-9(2)15-19-10(12)3)13-6-11-7-17(4-5-18)16-14-11/h7-8,13,18H,4-6H2,1-3H3. The van der Waals surface area contributed by atoms with E-state index in [9.17, 15) is 0 Å². The first-order valence-electron chi connectivity index (χ1n) is 6.28. The number of aliphatic hydroxyl groups excluding tert-OH is 1. The summed E-state index contributed by atoms with van der Waals surface area (Å²) in [6.07, 6.45) is 1.82. The monoisotopic (exact) mass is 265 g/mol. The summed E-state index contributed by atoms with van der Waals surface area (Å²) in [5, 5.41) is 24.1. The molecule has 2 aromatic heterocycles. The van der Waals surface area contributed by atoms with Crippen molar-refractivity contribution in [3.8, 4) is 0 Å². The summed E-state index contributed by atoms with van der Waals surface area (Å²) >= 11 is 0. The highest BCUT2D eigenvalue weighted by Crippen LogP contribution is 2.20. The van der Waals surface area contributed by atoms with Crippen LogP contribution in [0.1, 0.15) is 35.7 Å². The van der Waals surface area contributed by atoms with Crippen LogP contribution in [0.15, 0.2) is 10.7 Å². The summed E-state index contributed by atoms with van der Waals surface area (Å²) in [7, 11) is 0. The number of hydrogen-bond acceptors (Lipinski definition) is 6. The molecule has 0 spiro atoms. The van der Waals surface area contributed by atoms with Gasteiger partial charge in [-0.15, -0.1) is 5.10 Å². The van der Waals surface area contributed by atoms with E-state index in [1.807, 2.05) is 20.0 Å². The van der Waals surface area contributed by atoms with Gasteiger partial charge in [-0.05, 0) is 20.8 Å². The Balaban J connectivity index is 1.94. The average Bonchev–Trinajstić information content (AvgIpc) is 2.95. The number of nitrogens with zero attached hydrogens (tertiary/aromatic N) is 4. The van der Waals surface area contributed by atoms with Gasteiger partial charge in [0.15, 0.2) is 0 Å². The zero-order valence-electron chi connectivity index (χ0n) is 11.4. The van der Waals surface area contributed by atoms with Gasteiger partial charge in [0.25, 0.3) is 0 Å². The molecule has 0 aliphatic carbocycles. The Morgan fingerprint density at radius 1 is 1.47 bits per heavy atom. The summed E-state index contributed by atoms with van der Waals surface area (Å²) in [5.41, 5.74) is 2.83. The van der Waals surface area contributed by atoms with Gasteiger partial charge >= 0.3 is 0 Å². The number of aliphatic hydroxyl groups is 1. The van der Waals surface area contributed by atoms with Crippen LogP contribution in [0, 0.1) is 13.8 Å². The third-order valence-corrected chi connectivity index (χ3v) is 3.03. The normalized spacial score (nSPS) is 12.8. The summed E-state index contributed by atoms with van der Waals surface area (Å²) in [6.45, 7) is 7.03. The number of aryl methyl sites for hydroxylation is 2. The van der Waals surface area contributed by atoms with Crippen molar-refractivity contribution in [3.05, 3.63) is 28.9 Å². The molecule has 7 nitrogen and oxygen atoms in total. The smallest absolute Gasteiger partial charge is 0.138 e. The molecule has 104 valence electrons. The number of rotatable bonds is 6. The minimum Gasteiger partial charge on any atom is -0.394 e. The van der Waals surface area contributed by atoms with E-state index in [1.165, 1.54) is 0 Å². The molecule has 1 unspecified atom stereocenters. The molecule has 2 heterocycles. The SMILES string of the molecule is Cc1noc(C)c1C(C)NCc1cn(CCO)nn1. The Labute approximate surface area is 111 Å². The van der Waals surface area contributed by atoms with Gasteiger partial charge in [-0.2, -0.15) is 0 Å². The Morgan fingerprint density at radius 2 is 2.26 bits per heavy atom. The minimum absolute atomic E-state index is 0.0612. The van der Waals surface area contributed by atoms with Crippen LogP contribution in [-0.2, 0) is 13.1 Å². The maximum Gasteiger partial charge on any atom is 0.138 e. The molecule has 2 aromatic rings. The van der Waals surface area contributed by atoms with E-state index >= 15 is 0 Å². The Morgan fingerprint density at radius 3 is 2.89 bits per heavy atom. The van der Waals surface area contributed by atoms with Gasteiger partial charge < -0.3 is 14.9 Å². The second-order valence-corrected chi connectivity index (χ2v) is 4.54. The molecule has 0 saturated heterocycles. The minimum atomic E-state index is 0.0612. The molecule has 0 aromatic carbocycles. The quantitative estimate of drug-likeness (QED) is 0.800. The number of nitrogens with one attached hydrogen (secondary N) is 1. The highest BCUT2D eigenvalue weighted by molar-refractivity contribution is 5.24. The molecule has 0 bridgehead atoms. The zero-order valence-corrected chi connectivity index (χ0v) is 11.4. The third kappa shape index (κ3) is 3.18. The van der Waals surface area contributed by atoms with Gasteiger partial charge in [0.2, 0.25) is 0 Å². The first-order valence-corrected chi connectivity index (χ1v) is 6.28. The van der Waals surface area contributed by atoms with E-state index < -0.39 is 0 Å². The van der Waals surface area contributed by atoms with Gasteiger partial charge in [-0.25, -0.2) is 4.68 Å². The summed E-state index contributed by atoms with van der Waals surface area (Å²) < 4.78 is 6.78. The van der Waals surface area contributed by atoms with Crippen molar-refractivity contribution in [2.45, 2.75) is 39.9 Å². The maximum absolute atomic E-state index is 8.81. The van der Waals surface area contributed by atoms with E-state index in [0.717, 1.165) is 22.7 Å². The second-order valence-electron chi connectivity index (χ2n) is 4.54. The molecule has 2 N–H and O–H groups in total. The molecule has 0 saturated carbocycles. The lowest BCUT2D eigenvalue weighted by Crippen LogP contribution is -2.19. The van der Waals surface area contributed by atoms with E-state index in [2.05, 4.69) is 27.7 Å². The topological polar surface area (TPSA) is 89.0 Å². The van der Waals surface area contributed by atoms with Crippen molar-refractivity contribution < 1.29 is 9.63 Å². The van der Waals surface area contributed by atoms with Crippen LogP contribution >= 0.6 is 0 Å². The summed E-state index contributed by atoms with van der Waals surface area (Å²) in [4.78, 5) is 0. The molecule has 0 fully saturated rings. The second kappa shape index (κ2) is 5.94. The first kappa shape index (κ1) is 13.7. The van der Waals surface area contributed by atoms with Crippen molar-refractivity contribution in [1.82, 2.24) is 25.5 Å². The number of aromatic nitrogens is 4. The molecule has 0 radical (unpaired) electrons. The van der Waals surface area contributed by atoms with Gasteiger partial charge in [0.1, 0.15) is 5.76 Å². The Hall–Kier alpha value is -1.73. The molecular formula is C12H19N5O2. The van der Waals surface area contributed by atoms with E-state index in [1.54, 1.807) is 4.68 Å². The Kier molecular flexibility index (Phi) is 4.28. The van der Waals surface area contributed by atoms with Gasteiger partial charge in [0.05, 0.1) is 24.5 Å². The van der Waals surface area contributed by atoms with Gasteiger partial charge in [-0.3, -0.25) is 0 Å². The zero-order chi connectivity index (χ0) is 13.8. The largest absolute Gasteiger partial charge is 0.394 e. The lowest BCUT2D eigenvalue weighted by molar-refractivity contribution is 0.268. The lowest BCUT2D eigenvalue weighted by Gasteiger charge is -2.12. The first-order chi connectivity index (χ1) is 9.11. The molecule has 19 heavy (non-hydrogen) atoms. The highest BCUT2D eigenvalue weighted by Gasteiger charge is 2.16. The van der Waals surface area contributed by atoms with Crippen molar-refractivity contribution >= 4 is 0 Å². The summed E-state index contributed by atoms with van der Waals surface area (Å²) in [6, 6.07) is 0.134. The fraction of sp³-hybridized carbons (Fsp3) is 0.583. The predicted octanol–water partition coefficient (Wildman–Crippen LogP) is 0.726. The van der Waals surface area contributed by atoms with Crippen LogP contribution in [0.25, 0.3) is 0 Å². The molecular weight excluding hydrogens is 246 g/mol. The van der Waals surface area contributed by atoms with Crippen LogP contribution in [-0.4, -0.2) is 31.9 Å². The van der Waals surface area contributed by atoms with Crippen LogP contribution < -0.4 is 5.32 Å². The highest BCUT2D eigenvalue weighted by atomic mass is 16.5. The maximum atomic E-state index is 8.81. The van der Waals surface area contributed by atoms with E-state index in [4.69, 9.17) is 9.63 Å². The fourth-order valence-electron chi connectivity index (χ4n) is 2.10.